The van der Waals surface area contributed by atoms with Crippen LogP contribution < -0.4 is 5.32 Å². The second-order valence-electron chi connectivity index (χ2n) is 6.88. The van der Waals surface area contributed by atoms with Gasteiger partial charge in [-0.1, -0.05) is 11.6 Å². The lowest BCUT2D eigenvalue weighted by atomic mass is 10.1. The molecule has 0 saturated carbocycles. The quantitative estimate of drug-likeness (QED) is 0.634. The summed E-state index contributed by atoms with van der Waals surface area (Å²) < 4.78 is 40.1. The Labute approximate surface area is 172 Å². The minimum absolute atomic E-state index is 0.0417. The Balaban J connectivity index is 1.61. The van der Waals surface area contributed by atoms with Crippen LogP contribution in [0.4, 0.5) is 10.2 Å². The number of fused-ring (bicyclic) bond motifs is 1. The molecular formula is C18H20ClFN6O2S. The highest BCUT2D eigenvalue weighted by molar-refractivity contribution is 7.89. The lowest BCUT2D eigenvalue weighted by Crippen LogP contribution is -2.45. The minimum Gasteiger partial charge on any atom is -0.363 e. The Bertz CT molecular complexity index is 1150. The van der Waals surface area contributed by atoms with Crippen molar-refractivity contribution in [2.24, 2.45) is 0 Å². The number of pyridine rings is 1. The van der Waals surface area contributed by atoms with E-state index in [0.29, 0.717) is 35.0 Å². The number of hydrogen-bond donors (Lipinski definition) is 2. The SMILES string of the molecule is CCS(=O)(=O)N1CCC[C@H](Nc2nc(-c3c[nH]c4ncc(Cl)cc34)ncc2F)C1. The monoisotopic (exact) mass is 438 g/mol. The third-order valence-electron chi connectivity index (χ3n) is 4.97. The normalized spacial score (nSPS) is 18.2. The first-order valence-corrected chi connectivity index (χ1v) is 11.3. The van der Waals surface area contributed by atoms with Crippen molar-refractivity contribution in [2.45, 2.75) is 25.8 Å². The van der Waals surface area contributed by atoms with Crippen molar-refractivity contribution in [1.82, 2.24) is 24.2 Å². The Morgan fingerprint density at radius 2 is 2.21 bits per heavy atom. The predicted molar refractivity (Wildman–Crippen MR) is 110 cm³/mol. The number of sulfonamides is 1. The molecule has 2 N–H and O–H groups in total. The van der Waals surface area contributed by atoms with Crippen molar-refractivity contribution in [3.63, 3.8) is 0 Å². The van der Waals surface area contributed by atoms with Crippen LogP contribution >= 0.6 is 11.6 Å². The van der Waals surface area contributed by atoms with Crippen molar-refractivity contribution >= 4 is 38.5 Å². The standard InChI is InChI=1S/C18H20ClFN6O2S/c1-2-29(27,28)26-5-3-4-12(10-26)24-18-15(20)9-23-17(25-18)14-8-22-16-13(14)6-11(19)7-21-16/h6-9,12H,2-5,10H2,1H3,(H,21,22)(H,23,24,25)/t12-/m0/s1. The van der Waals surface area contributed by atoms with Crippen LogP contribution in [0.2, 0.25) is 5.02 Å². The molecule has 0 aromatic carbocycles. The summed E-state index contributed by atoms with van der Waals surface area (Å²) >= 11 is 6.04. The molecule has 154 valence electrons. The van der Waals surface area contributed by atoms with E-state index in [0.717, 1.165) is 18.0 Å². The Morgan fingerprint density at radius 1 is 1.38 bits per heavy atom. The van der Waals surface area contributed by atoms with Crippen molar-refractivity contribution in [1.29, 1.82) is 0 Å². The van der Waals surface area contributed by atoms with Gasteiger partial charge in [0, 0.05) is 42.5 Å². The number of nitrogens with one attached hydrogen (secondary N) is 2. The van der Waals surface area contributed by atoms with Crippen LogP contribution in [0.3, 0.4) is 0 Å². The summed E-state index contributed by atoms with van der Waals surface area (Å²) in [5, 5.41) is 4.25. The van der Waals surface area contributed by atoms with Gasteiger partial charge in [-0.05, 0) is 25.8 Å². The number of aromatic nitrogens is 4. The van der Waals surface area contributed by atoms with Gasteiger partial charge in [0.2, 0.25) is 10.0 Å². The number of nitrogens with zero attached hydrogens (tertiary/aromatic N) is 4. The number of hydrogen-bond acceptors (Lipinski definition) is 6. The first-order chi connectivity index (χ1) is 13.9. The second-order valence-corrected chi connectivity index (χ2v) is 9.58. The van der Waals surface area contributed by atoms with Gasteiger partial charge in [0.25, 0.3) is 0 Å². The number of piperidine rings is 1. The van der Waals surface area contributed by atoms with E-state index in [1.807, 2.05) is 0 Å². The third-order valence-corrected chi connectivity index (χ3v) is 7.02. The Kier molecular flexibility index (Phi) is 5.41. The van der Waals surface area contributed by atoms with E-state index in [1.165, 1.54) is 10.5 Å². The first kappa shape index (κ1) is 20.0. The number of H-pyrrole nitrogens is 1. The molecule has 0 aliphatic carbocycles. The van der Waals surface area contributed by atoms with Gasteiger partial charge in [-0.15, -0.1) is 0 Å². The molecule has 4 heterocycles. The van der Waals surface area contributed by atoms with E-state index in [2.05, 4.69) is 25.3 Å². The summed E-state index contributed by atoms with van der Waals surface area (Å²) in [5.41, 5.74) is 1.27. The molecular weight excluding hydrogens is 419 g/mol. The molecule has 3 aromatic heterocycles. The van der Waals surface area contributed by atoms with Gasteiger partial charge in [-0.25, -0.2) is 27.8 Å². The molecule has 4 rings (SSSR count). The zero-order valence-corrected chi connectivity index (χ0v) is 17.3. The number of anilines is 1. The molecule has 0 unspecified atom stereocenters. The first-order valence-electron chi connectivity index (χ1n) is 9.27. The van der Waals surface area contributed by atoms with E-state index < -0.39 is 15.8 Å². The number of aromatic amines is 1. The molecule has 0 amide bonds. The maximum atomic E-state index is 14.4. The zero-order chi connectivity index (χ0) is 20.6. The molecule has 1 atom stereocenters. The summed E-state index contributed by atoms with van der Waals surface area (Å²) in [6.45, 7) is 2.38. The van der Waals surface area contributed by atoms with E-state index in [9.17, 15) is 12.8 Å². The summed E-state index contributed by atoms with van der Waals surface area (Å²) in [6, 6.07) is 1.51. The number of halogens is 2. The maximum Gasteiger partial charge on any atom is 0.213 e. The molecule has 0 radical (unpaired) electrons. The lowest BCUT2D eigenvalue weighted by Gasteiger charge is -2.32. The molecule has 1 saturated heterocycles. The fraction of sp³-hybridized carbons (Fsp3) is 0.389. The molecule has 1 fully saturated rings. The van der Waals surface area contributed by atoms with E-state index in [-0.39, 0.29) is 24.2 Å². The van der Waals surface area contributed by atoms with E-state index in [1.54, 1.807) is 19.2 Å². The fourth-order valence-corrected chi connectivity index (χ4v) is 4.79. The highest BCUT2D eigenvalue weighted by Gasteiger charge is 2.28. The van der Waals surface area contributed by atoms with Crippen LogP contribution in [0.15, 0.2) is 24.7 Å². The van der Waals surface area contributed by atoms with Gasteiger partial charge >= 0.3 is 0 Å². The summed E-state index contributed by atoms with van der Waals surface area (Å²) in [4.78, 5) is 15.7. The van der Waals surface area contributed by atoms with Gasteiger partial charge in [-0.3, -0.25) is 0 Å². The highest BCUT2D eigenvalue weighted by Crippen LogP contribution is 2.28. The highest BCUT2D eigenvalue weighted by atomic mass is 35.5. The summed E-state index contributed by atoms with van der Waals surface area (Å²) in [7, 11) is -3.29. The van der Waals surface area contributed by atoms with Crippen molar-refractivity contribution < 1.29 is 12.8 Å². The average Bonchev–Trinajstić information content (AvgIpc) is 3.13. The average molecular weight is 439 g/mol. The molecule has 1 aliphatic rings. The molecule has 8 nitrogen and oxygen atoms in total. The predicted octanol–water partition coefficient (Wildman–Crippen LogP) is 3.04. The summed E-state index contributed by atoms with van der Waals surface area (Å²) in [5.74, 6) is -0.193. The Morgan fingerprint density at radius 3 is 3.00 bits per heavy atom. The second kappa shape index (κ2) is 7.85. The van der Waals surface area contributed by atoms with E-state index >= 15 is 0 Å². The lowest BCUT2D eigenvalue weighted by molar-refractivity contribution is 0.326. The number of rotatable bonds is 5. The van der Waals surface area contributed by atoms with Gasteiger partial charge in [-0.2, -0.15) is 4.31 Å². The zero-order valence-electron chi connectivity index (χ0n) is 15.7. The topological polar surface area (TPSA) is 104 Å². The molecule has 1 aliphatic heterocycles. The van der Waals surface area contributed by atoms with Crippen molar-refractivity contribution in [3.05, 3.63) is 35.5 Å². The van der Waals surface area contributed by atoms with Crippen molar-refractivity contribution in [2.75, 3.05) is 24.2 Å². The van der Waals surface area contributed by atoms with Crippen LogP contribution in [0.1, 0.15) is 19.8 Å². The molecule has 29 heavy (non-hydrogen) atoms. The molecule has 0 spiro atoms. The maximum absolute atomic E-state index is 14.4. The molecule has 3 aromatic rings. The third kappa shape index (κ3) is 4.05. The van der Waals surface area contributed by atoms with Gasteiger partial charge in [0.15, 0.2) is 17.5 Å². The van der Waals surface area contributed by atoms with Gasteiger partial charge in [0.1, 0.15) is 5.65 Å². The summed E-state index contributed by atoms with van der Waals surface area (Å²) in [6.07, 6.45) is 5.75. The van der Waals surface area contributed by atoms with Crippen LogP contribution in [0, 0.1) is 5.82 Å². The van der Waals surface area contributed by atoms with Crippen molar-refractivity contribution in [3.8, 4) is 11.4 Å². The smallest absolute Gasteiger partial charge is 0.213 e. The fourth-order valence-electron chi connectivity index (χ4n) is 3.45. The van der Waals surface area contributed by atoms with Gasteiger partial charge in [0.05, 0.1) is 17.0 Å². The van der Waals surface area contributed by atoms with Crippen LogP contribution in [0.25, 0.3) is 22.4 Å². The van der Waals surface area contributed by atoms with Crippen LogP contribution in [-0.2, 0) is 10.0 Å². The van der Waals surface area contributed by atoms with Crippen LogP contribution in [-0.4, -0.2) is 57.5 Å². The van der Waals surface area contributed by atoms with Crippen LogP contribution in [0.5, 0.6) is 0 Å². The Hall–Kier alpha value is -2.30. The molecule has 0 bridgehead atoms. The van der Waals surface area contributed by atoms with Gasteiger partial charge < -0.3 is 10.3 Å². The molecule has 11 heteroatoms. The minimum atomic E-state index is -3.29. The largest absolute Gasteiger partial charge is 0.363 e. The van der Waals surface area contributed by atoms with E-state index in [4.69, 9.17) is 11.6 Å².